The third-order valence-corrected chi connectivity index (χ3v) is 2.41. The Morgan fingerprint density at radius 1 is 1.29 bits per heavy atom. The molecule has 0 bridgehead atoms. The first-order valence-corrected chi connectivity index (χ1v) is 5.08. The molecular weight excluding hydrogens is 222 g/mol. The second-order valence-corrected chi connectivity index (χ2v) is 3.41. The van der Waals surface area contributed by atoms with Gasteiger partial charge in [0.15, 0.2) is 0 Å². The number of fused-ring (bicyclic) bond motifs is 1. The number of rotatable bonds is 4. The lowest BCUT2D eigenvalue weighted by atomic mass is 10.1. The molecule has 2 rings (SSSR count). The maximum atomic E-state index is 11.6. The van der Waals surface area contributed by atoms with Crippen molar-refractivity contribution in [3.63, 3.8) is 0 Å². The summed E-state index contributed by atoms with van der Waals surface area (Å²) < 4.78 is 11.1. The van der Waals surface area contributed by atoms with Crippen LogP contribution < -0.4 is 4.84 Å². The van der Waals surface area contributed by atoms with Crippen LogP contribution in [0.25, 0.3) is 10.9 Å². The number of methoxy groups -OCH3 is 2. The second-order valence-electron chi connectivity index (χ2n) is 3.41. The van der Waals surface area contributed by atoms with Gasteiger partial charge in [-0.3, -0.25) is 0 Å². The van der Waals surface area contributed by atoms with Gasteiger partial charge in [-0.15, -0.1) is 0 Å². The van der Waals surface area contributed by atoms with Gasteiger partial charge in [0.1, 0.15) is 0 Å². The third-order valence-electron chi connectivity index (χ3n) is 2.41. The molecule has 0 N–H and O–H groups in total. The van der Waals surface area contributed by atoms with Gasteiger partial charge >= 0.3 is 5.97 Å². The van der Waals surface area contributed by atoms with E-state index in [1.165, 1.54) is 7.11 Å². The van der Waals surface area contributed by atoms with Crippen molar-refractivity contribution in [3.8, 4) is 0 Å². The summed E-state index contributed by atoms with van der Waals surface area (Å²) in [5, 5.41) is 0.787. The van der Waals surface area contributed by atoms with Crippen molar-refractivity contribution in [3.05, 3.63) is 36.0 Å². The zero-order valence-electron chi connectivity index (χ0n) is 9.67. The Morgan fingerprint density at radius 3 is 2.82 bits per heavy atom. The molecule has 1 aromatic heterocycles. The first kappa shape index (κ1) is 11.5. The maximum Gasteiger partial charge on any atom is 0.338 e. The van der Waals surface area contributed by atoms with E-state index < -0.39 is 0 Å². The lowest BCUT2D eigenvalue weighted by Crippen LogP contribution is -2.12. The summed E-state index contributed by atoms with van der Waals surface area (Å²) in [4.78, 5) is 16.9. The molecule has 0 aliphatic heterocycles. The van der Waals surface area contributed by atoms with Crippen LogP contribution in [0.1, 0.15) is 10.4 Å². The highest BCUT2D eigenvalue weighted by Gasteiger charge is 2.12. The van der Waals surface area contributed by atoms with E-state index in [4.69, 9.17) is 14.3 Å². The SMILES string of the molecule is COCOn1ccc2c(C(=O)OC)cccc21. The number of carbonyl (C=O) groups is 1. The van der Waals surface area contributed by atoms with Gasteiger partial charge in [0, 0.05) is 18.7 Å². The predicted octanol–water partition coefficient (Wildman–Crippen LogP) is 1.46. The first-order chi connectivity index (χ1) is 8.27. The lowest BCUT2D eigenvalue weighted by Gasteiger charge is -2.07. The average molecular weight is 235 g/mol. The Balaban J connectivity index is 2.45. The van der Waals surface area contributed by atoms with Gasteiger partial charge in [-0.05, 0) is 18.2 Å². The van der Waals surface area contributed by atoms with Gasteiger partial charge < -0.3 is 14.3 Å². The van der Waals surface area contributed by atoms with E-state index in [1.54, 1.807) is 36.2 Å². The van der Waals surface area contributed by atoms with Gasteiger partial charge in [0.05, 0.1) is 18.2 Å². The molecular formula is C12H13NO4. The molecule has 0 saturated heterocycles. The Kier molecular flexibility index (Phi) is 3.30. The van der Waals surface area contributed by atoms with Crippen LogP contribution in [-0.4, -0.2) is 31.7 Å². The number of benzene rings is 1. The Morgan fingerprint density at radius 2 is 2.12 bits per heavy atom. The highest BCUT2D eigenvalue weighted by molar-refractivity contribution is 6.03. The van der Waals surface area contributed by atoms with Crippen molar-refractivity contribution in [1.29, 1.82) is 0 Å². The predicted molar refractivity (Wildman–Crippen MR) is 61.7 cm³/mol. The maximum absolute atomic E-state index is 11.6. The normalized spacial score (nSPS) is 10.5. The van der Waals surface area contributed by atoms with Crippen LogP contribution in [0.2, 0.25) is 0 Å². The van der Waals surface area contributed by atoms with Gasteiger partial charge in [-0.1, -0.05) is 6.07 Å². The molecule has 0 fully saturated rings. The fourth-order valence-electron chi connectivity index (χ4n) is 1.65. The molecule has 0 spiro atoms. The second kappa shape index (κ2) is 4.88. The molecule has 5 nitrogen and oxygen atoms in total. The molecule has 0 saturated carbocycles. The molecule has 1 aromatic carbocycles. The summed E-state index contributed by atoms with van der Waals surface area (Å²) in [5.74, 6) is -0.361. The van der Waals surface area contributed by atoms with Crippen molar-refractivity contribution in [2.45, 2.75) is 0 Å². The number of ether oxygens (including phenoxy) is 2. The molecule has 5 heteroatoms. The molecule has 1 heterocycles. The van der Waals surface area contributed by atoms with Gasteiger partial charge in [-0.25, -0.2) is 4.79 Å². The molecule has 90 valence electrons. The quantitative estimate of drug-likeness (QED) is 0.594. The van der Waals surface area contributed by atoms with Crippen molar-refractivity contribution in [2.24, 2.45) is 0 Å². The minimum atomic E-state index is -0.361. The average Bonchev–Trinajstić information content (AvgIpc) is 2.78. The van der Waals surface area contributed by atoms with Crippen LogP contribution in [0.4, 0.5) is 0 Å². The summed E-state index contributed by atoms with van der Waals surface area (Å²) in [5.41, 5.74) is 1.31. The summed E-state index contributed by atoms with van der Waals surface area (Å²) in [6, 6.07) is 7.16. The third kappa shape index (κ3) is 2.09. The monoisotopic (exact) mass is 235 g/mol. The number of aromatic nitrogens is 1. The van der Waals surface area contributed by atoms with Gasteiger partial charge in [0.25, 0.3) is 0 Å². The van der Waals surface area contributed by atoms with Gasteiger partial charge in [0.2, 0.25) is 6.79 Å². The standard InChI is InChI=1S/C12H13NO4/c1-15-8-17-13-7-6-9-10(12(14)16-2)4-3-5-11(9)13/h3-7H,8H2,1-2H3. The van der Waals surface area contributed by atoms with Crippen molar-refractivity contribution in [1.82, 2.24) is 4.73 Å². The summed E-state index contributed by atoms with van der Waals surface area (Å²) in [7, 11) is 2.91. The van der Waals surface area contributed by atoms with Crippen LogP contribution >= 0.6 is 0 Å². The van der Waals surface area contributed by atoms with E-state index in [2.05, 4.69) is 0 Å². The number of hydrogen-bond donors (Lipinski definition) is 0. The van der Waals surface area contributed by atoms with Crippen LogP contribution in [0.5, 0.6) is 0 Å². The number of hydrogen-bond acceptors (Lipinski definition) is 4. The highest BCUT2D eigenvalue weighted by Crippen LogP contribution is 2.20. The van der Waals surface area contributed by atoms with E-state index in [-0.39, 0.29) is 12.8 Å². The molecule has 0 aliphatic carbocycles. The van der Waals surface area contributed by atoms with Crippen LogP contribution in [0, 0.1) is 0 Å². The van der Waals surface area contributed by atoms with Crippen LogP contribution in [0.3, 0.4) is 0 Å². The largest absolute Gasteiger partial charge is 0.465 e. The lowest BCUT2D eigenvalue weighted by molar-refractivity contribution is -0.0333. The molecule has 0 aliphatic rings. The fraction of sp³-hybridized carbons (Fsp3) is 0.250. The number of esters is 1. The van der Waals surface area contributed by atoms with E-state index in [0.29, 0.717) is 5.56 Å². The van der Waals surface area contributed by atoms with Crippen molar-refractivity contribution < 1.29 is 19.1 Å². The summed E-state index contributed by atoms with van der Waals surface area (Å²) in [6.45, 7) is 0.145. The summed E-state index contributed by atoms with van der Waals surface area (Å²) in [6.07, 6.45) is 1.73. The molecule has 0 radical (unpaired) electrons. The van der Waals surface area contributed by atoms with Crippen LogP contribution in [-0.2, 0) is 9.47 Å². The van der Waals surface area contributed by atoms with Gasteiger partial charge in [-0.2, -0.15) is 4.73 Å². The van der Waals surface area contributed by atoms with E-state index in [1.807, 2.05) is 6.07 Å². The Labute approximate surface area is 98.4 Å². The highest BCUT2D eigenvalue weighted by atomic mass is 16.8. The summed E-state index contributed by atoms with van der Waals surface area (Å²) >= 11 is 0. The van der Waals surface area contributed by atoms with Crippen molar-refractivity contribution in [2.75, 3.05) is 21.0 Å². The number of nitrogens with zero attached hydrogens (tertiary/aromatic N) is 1. The van der Waals surface area contributed by atoms with E-state index in [9.17, 15) is 4.79 Å². The molecule has 0 atom stereocenters. The first-order valence-electron chi connectivity index (χ1n) is 5.08. The molecule has 0 unspecified atom stereocenters. The minimum absolute atomic E-state index is 0.145. The topological polar surface area (TPSA) is 49.7 Å². The van der Waals surface area contributed by atoms with E-state index in [0.717, 1.165) is 10.9 Å². The fourth-order valence-corrected chi connectivity index (χ4v) is 1.65. The van der Waals surface area contributed by atoms with Crippen molar-refractivity contribution >= 4 is 16.9 Å². The Bertz CT molecular complexity index is 532. The minimum Gasteiger partial charge on any atom is -0.465 e. The Hall–Kier alpha value is -2.01. The molecule has 0 amide bonds. The zero-order chi connectivity index (χ0) is 12.3. The zero-order valence-corrected chi connectivity index (χ0v) is 9.67. The molecule has 2 aromatic rings. The smallest absolute Gasteiger partial charge is 0.338 e. The van der Waals surface area contributed by atoms with E-state index >= 15 is 0 Å². The molecule has 17 heavy (non-hydrogen) atoms. The number of carbonyl (C=O) groups excluding carboxylic acids is 1. The van der Waals surface area contributed by atoms with Crippen LogP contribution in [0.15, 0.2) is 30.5 Å².